The minimum atomic E-state index is -3.16. The number of hydrogen-bond donors (Lipinski definition) is 0. The summed E-state index contributed by atoms with van der Waals surface area (Å²) in [7, 11) is -3.16. The fraction of sp³-hybridized carbons (Fsp3) is 0.545. The van der Waals surface area contributed by atoms with Gasteiger partial charge in [0.1, 0.15) is 11.6 Å². The number of benzene rings is 1. The molecule has 0 bridgehead atoms. The summed E-state index contributed by atoms with van der Waals surface area (Å²) in [5.41, 5.74) is 4.59. The average Bonchev–Trinajstić information content (AvgIpc) is 2.70. The van der Waals surface area contributed by atoms with Crippen molar-refractivity contribution in [3.05, 3.63) is 52.5 Å². The minimum Gasteiger partial charge on any atom is -0.354 e. The Morgan fingerprint density at radius 3 is 2.24 bits per heavy atom. The van der Waals surface area contributed by atoms with Crippen molar-refractivity contribution in [1.82, 2.24) is 14.3 Å². The molecule has 1 aromatic heterocycles. The third kappa shape index (κ3) is 5.34. The lowest BCUT2D eigenvalue weighted by atomic mass is 10.0. The van der Waals surface area contributed by atoms with Crippen LogP contribution in [0.1, 0.15) is 48.0 Å². The molecule has 6 nitrogen and oxygen atoms in total. The van der Waals surface area contributed by atoms with Crippen molar-refractivity contribution >= 4 is 15.8 Å². The Hall–Kier alpha value is -1.99. The molecule has 0 N–H and O–H groups in total. The summed E-state index contributed by atoms with van der Waals surface area (Å²) in [4.78, 5) is 11.6. The fourth-order valence-electron chi connectivity index (χ4n) is 3.73. The largest absolute Gasteiger partial charge is 0.354 e. The van der Waals surface area contributed by atoms with Crippen LogP contribution in [0.25, 0.3) is 0 Å². The van der Waals surface area contributed by atoms with E-state index in [1.54, 1.807) is 4.31 Å². The summed E-state index contributed by atoms with van der Waals surface area (Å²) in [6, 6.07) is 8.55. The van der Waals surface area contributed by atoms with Gasteiger partial charge < -0.3 is 4.90 Å². The van der Waals surface area contributed by atoms with Crippen LogP contribution in [0.15, 0.2) is 24.3 Å². The van der Waals surface area contributed by atoms with Crippen LogP contribution in [0.2, 0.25) is 0 Å². The molecule has 29 heavy (non-hydrogen) atoms. The van der Waals surface area contributed by atoms with Crippen LogP contribution < -0.4 is 4.90 Å². The molecule has 0 unspecified atom stereocenters. The van der Waals surface area contributed by atoms with E-state index in [1.165, 1.54) is 11.1 Å². The molecule has 1 aliphatic heterocycles. The van der Waals surface area contributed by atoms with Gasteiger partial charge in [0.05, 0.1) is 5.75 Å². The molecule has 7 heteroatoms. The standard InChI is InChI=1S/C22H32N4O2S/c1-5-6-15-29(27,28)26-13-11-25(12-14-26)22-21(18(3)23-19(4)24-22)16-20-9-7-17(2)8-10-20/h7-10H,5-6,11-16H2,1-4H3. The molecule has 0 amide bonds. The smallest absolute Gasteiger partial charge is 0.214 e. The molecule has 1 aromatic carbocycles. The Morgan fingerprint density at radius 1 is 0.966 bits per heavy atom. The monoisotopic (exact) mass is 416 g/mol. The molecule has 2 heterocycles. The van der Waals surface area contributed by atoms with E-state index in [-0.39, 0.29) is 5.75 Å². The van der Waals surface area contributed by atoms with Gasteiger partial charge in [-0.05, 0) is 32.8 Å². The van der Waals surface area contributed by atoms with Gasteiger partial charge >= 0.3 is 0 Å². The van der Waals surface area contributed by atoms with E-state index in [4.69, 9.17) is 4.98 Å². The lowest BCUT2D eigenvalue weighted by Gasteiger charge is -2.36. The Kier molecular flexibility index (Phi) is 6.90. The Morgan fingerprint density at radius 2 is 1.62 bits per heavy atom. The van der Waals surface area contributed by atoms with Gasteiger partial charge in [-0.25, -0.2) is 18.4 Å². The van der Waals surface area contributed by atoms with Crippen LogP contribution in [0, 0.1) is 20.8 Å². The molecule has 1 saturated heterocycles. The number of aromatic nitrogens is 2. The number of anilines is 1. The maximum atomic E-state index is 12.5. The van der Waals surface area contributed by atoms with Crippen LogP contribution >= 0.6 is 0 Å². The van der Waals surface area contributed by atoms with Gasteiger partial charge in [0.15, 0.2) is 0 Å². The fourth-order valence-corrected chi connectivity index (χ4v) is 5.36. The summed E-state index contributed by atoms with van der Waals surface area (Å²) in [6.07, 6.45) is 2.38. The van der Waals surface area contributed by atoms with Crippen molar-refractivity contribution in [2.24, 2.45) is 0 Å². The molecule has 1 aliphatic rings. The van der Waals surface area contributed by atoms with Crippen molar-refractivity contribution in [3.8, 4) is 0 Å². The highest BCUT2D eigenvalue weighted by Gasteiger charge is 2.28. The van der Waals surface area contributed by atoms with Gasteiger partial charge in [0.2, 0.25) is 10.0 Å². The average molecular weight is 417 g/mol. The van der Waals surface area contributed by atoms with Crippen molar-refractivity contribution in [2.75, 3.05) is 36.8 Å². The predicted molar refractivity (Wildman–Crippen MR) is 118 cm³/mol. The number of rotatable bonds is 7. The van der Waals surface area contributed by atoms with Crippen LogP contribution in [-0.4, -0.2) is 54.6 Å². The molecule has 0 radical (unpaired) electrons. The van der Waals surface area contributed by atoms with Crippen molar-refractivity contribution in [2.45, 2.75) is 47.0 Å². The highest BCUT2D eigenvalue weighted by molar-refractivity contribution is 7.89. The number of sulfonamides is 1. The molecule has 158 valence electrons. The van der Waals surface area contributed by atoms with Crippen LogP contribution in [-0.2, 0) is 16.4 Å². The second-order valence-electron chi connectivity index (χ2n) is 7.88. The molecular weight excluding hydrogens is 384 g/mol. The number of aryl methyl sites for hydroxylation is 3. The van der Waals surface area contributed by atoms with Gasteiger partial charge in [-0.1, -0.05) is 43.2 Å². The SMILES string of the molecule is CCCCS(=O)(=O)N1CCN(c2nc(C)nc(C)c2Cc2ccc(C)cc2)CC1. The highest BCUT2D eigenvalue weighted by atomic mass is 32.2. The Balaban J connectivity index is 1.79. The minimum absolute atomic E-state index is 0.244. The molecule has 1 fully saturated rings. The summed E-state index contributed by atoms with van der Waals surface area (Å²) in [5.74, 6) is 1.94. The maximum absolute atomic E-state index is 12.5. The van der Waals surface area contributed by atoms with Crippen LogP contribution in [0.3, 0.4) is 0 Å². The van der Waals surface area contributed by atoms with E-state index in [1.807, 2.05) is 20.8 Å². The predicted octanol–water partition coefficient (Wildman–Crippen LogP) is 3.24. The number of nitrogens with zero attached hydrogens (tertiary/aromatic N) is 4. The Labute approximate surface area is 175 Å². The normalized spacial score (nSPS) is 15.7. The first kappa shape index (κ1) is 21.7. The van der Waals surface area contributed by atoms with Crippen molar-refractivity contribution in [3.63, 3.8) is 0 Å². The molecule has 2 aromatic rings. The molecule has 0 atom stereocenters. The van der Waals surface area contributed by atoms with E-state index < -0.39 is 10.0 Å². The van der Waals surface area contributed by atoms with E-state index in [2.05, 4.69) is 41.1 Å². The second kappa shape index (κ2) is 9.22. The lowest BCUT2D eigenvalue weighted by molar-refractivity contribution is 0.382. The summed E-state index contributed by atoms with van der Waals surface area (Å²) < 4.78 is 26.7. The van der Waals surface area contributed by atoms with E-state index >= 15 is 0 Å². The first-order valence-electron chi connectivity index (χ1n) is 10.4. The lowest BCUT2D eigenvalue weighted by Crippen LogP contribution is -2.49. The topological polar surface area (TPSA) is 66.4 Å². The number of piperazine rings is 1. The van der Waals surface area contributed by atoms with Gasteiger partial charge in [-0.3, -0.25) is 0 Å². The highest BCUT2D eigenvalue weighted by Crippen LogP contribution is 2.26. The van der Waals surface area contributed by atoms with Crippen LogP contribution in [0.5, 0.6) is 0 Å². The van der Waals surface area contributed by atoms with Crippen molar-refractivity contribution in [1.29, 1.82) is 0 Å². The third-order valence-corrected chi connectivity index (χ3v) is 7.45. The van der Waals surface area contributed by atoms with Gasteiger partial charge in [-0.15, -0.1) is 0 Å². The van der Waals surface area contributed by atoms with Crippen molar-refractivity contribution < 1.29 is 8.42 Å². The zero-order valence-electron chi connectivity index (χ0n) is 18.0. The van der Waals surface area contributed by atoms with E-state index in [0.717, 1.165) is 35.7 Å². The first-order chi connectivity index (χ1) is 13.8. The van der Waals surface area contributed by atoms with Gasteiger partial charge in [0, 0.05) is 43.9 Å². The summed E-state index contributed by atoms with van der Waals surface area (Å²) in [5, 5.41) is 0. The first-order valence-corrected chi connectivity index (χ1v) is 12.0. The van der Waals surface area contributed by atoms with E-state index in [0.29, 0.717) is 32.6 Å². The van der Waals surface area contributed by atoms with E-state index in [9.17, 15) is 8.42 Å². The zero-order valence-corrected chi connectivity index (χ0v) is 18.8. The number of hydrogen-bond acceptors (Lipinski definition) is 5. The second-order valence-corrected chi connectivity index (χ2v) is 9.96. The molecule has 0 saturated carbocycles. The van der Waals surface area contributed by atoms with Gasteiger partial charge in [-0.2, -0.15) is 4.31 Å². The molecule has 0 aliphatic carbocycles. The van der Waals surface area contributed by atoms with Crippen LogP contribution in [0.4, 0.5) is 5.82 Å². The molecular formula is C22H32N4O2S. The number of unbranched alkanes of at least 4 members (excludes halogenated alkanes) is 1. The summed E-state index contributed by atoms with van der Waals surface area (Å²) in [6.45, 7) is 10.4. The third-order valence-electron chi connectivity index (χ3n) is 5.49. The van der Waals surface area contributed by atoms with Gasteiger partial charge in [0.25, 0.3) is 0 Å². The molecule has 3 rings (SSSR count). The Bertz CT molecular complexity index is 934. The summed E-state index contributed by atoms with van der Waals surface area (Å²) >= 11 is 0. The molecule has 0 spiro atoms. The quantitative estimate of drug-likeness (QED) is 0.693. The zero-order chi connectivity index (χ0) is 21.0. The maximum Gasteiger partial charge on any atom is 0.214 e.